The maximum absolute atomic E-state index is 12.7. The summed E-state index contributed by atoms with van der Waals surface area (Å²) in [6.07, 6.45) is -0.515. The van der Waals surface area contributed by atoms with E-state index in [1.807, 2.05) is 38.1 Å². The molecule has 2 aromatic heterocycles. The van der Waals surface area contributed by atoms with Gasteiger partial charge in [-0.2, -0.15) is 0 Å². The number of thiophene rings is 1. The van der Waals surface area contributed by atoms with E-state index < -0.39 is 6.09 Å². The smallest absolute Gasteiger partial charge is 0.411 e. The Balaban J connectivity index is 1.63. The van der Waals surface area contributed by atoms with Gasteiger partial charge in [-0.05, 0) is 49.1 Å². The van der Waals surface area contributed by atoms with Crippen LogP contribution >= 0.6 is 11.3 Å². The second-order valence-electron chi connectivity index (χ2n) is 6.45. The van der Waals surface area contributed by atoms with Crippen LogP contribution < -0.4 is 10.6 Å². The van der Waals surface area contributed by atoms with E-state index in [9.17, 15) is 9.59 Å². The minimum Gasteiger partial charge on any atom is -0.453 e. The average Bonchev–Trinajstić information content (AvgIpc) is 3.31. The van der Waals surface area contributed by atoms with Gasteiger partial charge in [0.15, 0.2) is 0 Å². The monoisotopic (exact) mass is 397 g/mol. The molecule has 0 saturated carbocycles. The Bertz CT molecular complexity index is 960. The molecule has 2 heterocycles. The van der Waals surface area contributed by atoms with Crippen molar-refractivity contribution < 1.29 is 14.3 Å². The molecule has 6 nitrogen and oxygen atoms in total. The molecular weight excluding hydrogens is 374 g/mol. The molecule has 2 N–H and O–H groups in total. The summed E-state index contributed by atoms with van der Waals surface area (Å²) >= 11 is 1.71. The molecule has 28 heavy (non-hydrogen) atoms. The molecule has 0 fully saturated rings. The first-order chi connectivity index (χ1) is 13.5. The van der Waals surface area contributed by atoms with Crippen LogP contribution in [0.25, 0.3) is 0 Å². The van der Waals surface area contributed by atoms with Gasteiger partial charge in [0, 0.05) is 28.5 Å². The summed E-state index contributed by atoms with van der Waals surface area (Å²) in [6.45, 7) is 5.18. The van der Waals surface area contributed by atoms with Crippen LogP contribution in [-0.4, -0.2) is 23.7 Å². The number of aromatic nitrogens is 1. The highest BCUT2D eigenvalue weighted by Gasteiger charge is 2.16. The topological polar surface area (TPSA) is 72.4 Å². The summed E-state index contributed by atoms with van der Waals surface area (Å²) in [4.78, 5) is 25.1. The number of aryl methyl sites for hydroxylation is 1. The average molecular weight is 398 g/mol. The molecule has 0 aliphatic rings. The van der Waals surface area contributed by atoms with Crippen LogP contribution in [0.3, 0.4) is 0 Å². The number of anilines is 1. The Morgan fingerprint density at radius 2 is 1.89 bits per heavy atom. The zero-order valence-electron chi connectivity index (χ0n) is 16.1. The van der Waals surface area contributed by atoms with Crippen LogP contribution in [0.1, 0.15) is 32.2 Å². The summed E-state index contributed by atoms with van der Waals surface area (Å²) in [6, 6.07) is 13.3. The van der Waals surface area contributed by atoms with Crippen molar-refractivity contribution in [1.82, 2.24) is 9.88 Å². The molecule has 3 rings (SSSR count). The van der Waals surface area contributed by atoms with Crippen LogP contribution in [0, 0.1) is 13.8 Å². The quantitative estimate of drug-likeness (QED) is 0.650. The first kappa shape index (κ1) is 19.7. The molecular formula is C21H23N3O3S. The number of nitrogens with zero attached hydrogens (tertiary/aromatic N) is 1. The number of benzene rings is 1. The highest BCUT2D eigenvalue weighted by Crippen LogP contribution is 2.19. The fourth-order valence-corrected chi connectivity index (χ4v) is 3.68. The number of methoxy groups -OCH3 is 1. The fourth-order valence-electron chi connectivity index (χ4n) is 2.99. The van der Waals surface area contributed by atoms with E-state index in [1.54, 1.807) is 23.5 Å². The SMILES string of the molecule is COC(=O)Nc1ccc(CNC(=O)c2cc(C)n(Cc3cccs3)c2C)cc1. The molecule has 146 valence electrons. The van der Waals surface area contributed by atoms with Crippen molar-refractivity contribution in [3.8, 4) is 0 Å². The van der Waals surface area contributed by atoms with Gasteiger partial charge in [-0.3, -0.25) is 10.1 Å². The van der Waals surface area contributed by atoms with Gasteiger partial charge >= 0.3 is 6.09 Å². The highest BCUT2D eigenvalue weighted by molar-refractivity contribution is 7.09. The zero-order chi connectivity index (χ0) is 20.1. The molecule has 7 heteroatoms. The van der Waals surface area contributed by atoms with E-state index in [0.29, 0.717) is 17.8 Å². The van der Waals surface area contributed by atoms with Crippen molar-refractivity contribution in [3.63, 3.8) is 0 Å². The van der Waals surface area contributed by atoms with E-state index in [1.165, 1.54) is 12.0 Å². The third-order valence-corrected chi connectivity index (χ3v) is 5.41. The van der Waals surface area contributed by atoms with E-state index in [0.717, 1.165) is 23.5 Å². The Hall–Kier alpha value is -3.06. The number of hydrogen-bond donors (Lipinski definition) is 2. The van der Waals surface area contributed by atoms with Crippen LogP contribution in [0.4, 0.5) is 10.5 Å². The van der Waals surface area contributed by atoms with Crippen molar-refractivity contribution >= 4 is 29.0 Å². The van der Waals surface area contributed by atoms with Crippen molar-refractivity contribution in [3.05, 3.63) is 75.2 Å². The molecule has 2 amide bonds. The minimum atomic E-state index is -0.515. The largest absolute Gasteiger partial charge is 0.453 e. The zero-order valence-corrected chi connectivity index (χ0v) is 16.9. The fraction of sp³-hybridized carbons (Fsp3) is 0.238. The second kappa shape index (κ2) is 8.75. The first-order valence-corrected chi connectivity index (χ1v) is 9.77. The van der Waals surface area contributed by atoms with E-state index in [-0.39, 0.29) is 5.91 Å². The van der Waals surface area contributed by atoms with E-state index in [2.05, 4.69) is 31.4 Å². The number of carbonyl (C=O) groups is 2. The number of nitrogens with one attached hydrogen (secondary N) is 2. The lowest BCUT2D eigenvalue weighted by atomic mass is 10.2. The minimum absolute atomic E-state index is 0.0951. The lowest BCUT2D eigenvalue weighted by Crippen LogP contribution is -2.23. The first-order valence-electron chi connectivity index (χ1n) is 8.89. The van der Waals surface area contributed by atoms with E-state index in [4.69, 9.17) is 0 Å². The van der Waals surface area contributed by atoms with E-state index >= 15 is 0 Å². The number of rotatable bonds is 6. The molecule has 0 bridgehead atoms. The molecule has 1 aromatic carbocycles. The Morgan fingerprint density at radius 1 is 1.14 bits per heavy atom. The summed E-state index contributed by atoms with van der Waals surface area (Å²) in [5, 5.41) is 7.62. The normalized spacial score (nSPS) is 10.5. The maximum atomic E-state index is 12.7. The summed E-state index contributed by atoms with van der Waals surface area (Å²) in [5.41, 5.74) is 4.29. The predicted molar refractivity (Wildman–Crippen MR) is 111 cm³/mol. The third-order valence-electron chi connectivity index (χ3n) is 4.55. The highest BCUT2D eigenvalue weighted by atomic mass is 32.1. The van der Waals surface area contributed by atoms with Gasteiger partial charge in [0.2, 0.25) is 0 Å². The molecule has 0 aliphatic carbocycles. The van der Waals surface area contributed by atoms with Gasteiger partial charge in [-0.15, -0.1) is 11.3 Å². The van der Waals surface area contributed by atoms with Crippen LogP contribution in [0.2, 0.25) is 0 Å². The lowest BCUT2D eigenvalue weighted by molar-refractivity contribution is 0.0950. The molecule has 3 aromatic rings. The Kier molecular flexibility index (Phi) is 6.16. The van der Waals surface area contributed by atoms with Gasteiger partial charge in [0.1, 0.15) is 0 Å². The van der Waals surface area contributed by atoms with Gasteiger partial charge in [-0.1, -0.05) is 18.2 Å². The van der Waals surface area contributed by atoms with Crippen molar-refractivity contribution in [2.45, 2.75) is 26.9 Å². The number of amides is 2. The molecule has 0 spiro atoms. The maximum Gasteiger partial charge on any atom is 0.411 e. The third kappa shape index (κ3) is 4.61. The van der Waals surface area contributed by atoms with Gasteiger partial charge in [-0.25, -0.2) is 4.79 Å². The molecule has 0 aliphatic heterocycles. The van der Waals surface area contributed by atoms with Crippen molar-refractivity contribution in [1.29, 1.82) is 0 Å². The van der Waals surface area contributed by atoms with Crippen molar-refractivity contribution in [2.75, 3.05) is 12.4 Å². The Morgan fingerprint density at radius 3 is 2.54 bits per heavy atom. The number of carbonyl (C=O) groups excluding carboxylic acids is 2. The molecule has 0 saturated heterocycles. The lowest BCUT2D eigenvalue weighted by Gasteiger charge is -2.09. The number of hydrogen-bond acceptors (Lipinski definition) is 4. The van der Waals surface area contributed by atoms with Gasteiger partial charge in [0.25, 0.3) is 5.91 Å². The van der Waals surface area contributed by atoms with Crippen LogP contribution in [0.5, 0.6) is 0 Å². The van der Waals surface area contributed by atoms with Gasteiger partial charge in [0.05, 0.1) is 19.2 Å². The van der Waals surface area contributed by atoms with Crippen molar-refractivity contribution in [2.24, 2.45) is 0 Å². The Labute approximate surface area is 168 Å². The second-order valence-corrected chi connectivity index (χ2v) is 7.48. The number of ether oxygens (including phenoxy) is 1. The van der Waals surface area contributed by atoms with Crippen LogP contribution in [0.15, 0.2) is 47.8 Å². The molecule has 0 unspecified atom stereocenters. The molecule has 0 radical (unpaired) electrons. The summed E-state index contributed by atoms with van der Waals surface area (Å²) < 4.78 is 6.72. The summed E-state index contributed by atoms with van der Waals surface area (Å²) in [7, 11) is 1.32. The van der Waals surface area contributed by atoms with Gasteiger partial charge < -0.3 is 14.6 Å². The molecule has 0 atom stereocenters. The predicted octanol–water partition coefficient (Wildman–Crippen LogP) is 4.32. The summed E-state index contributed by atoms with van der Waals surface area (Å²) in [5.74, 6) is -0.0951. The van der Waals surface area contributed by atoms with Crippen LogP contribution in [-0.2, 0) is 17.8 Å². The standard InChI is InChI=1S/C21H23N3O3S/c1-14-11-19(15(2)24(14)13-18-5-4-10-28-18)20(25)22-12-16-6-8-17(9-7-16)23-21(26)27-3/h4-11H,12-13H2,1-3H3,(H,22,25)(H,23,26).